The number of hydrogen-bond acceptors (Lipinski definition) is 4. The molecule has 1 N–H and O–H groups in total. The van der Waals surface area contributed by atoms with Crippen LogP contribution in [0, 0.1) is 5.82 Å². The summed E-state index contributed by atoms with van der Waals surface area (Å²) < 4.78 is 34.8. The fraction of sp³-hybridized carbons (Fsp3) is 0.273. The predicted molar refractivity (Wildman–Crippen MR) is 116 cm³/mol. The first kappa shape index (κ1) is 20.4. The number of nitrogens with zero attached hydrogens (tertiary/aromatic N) is 3. The van der Waals surface area contributed by atoms with Gasteiger partial charge in [0.25, 0.3) is 5.56 Å². The van der Waals surface area contributed by atoms with E-state index in [2.05, 4.69) is 10.00 Å². The Bertz CT molecular complexity index is 1110. The van der Waals surface area contributed by atoms with Gasteiger partial charge in [-0.05, 0) is 54.7 Å². The number of aromatic nitrogens is 2. The maximum Gasteiger partial charge on any atom is 0.295 e. The Hall–Kier alpha value is -2.84. The van der Waals surface area contributed by atoms with Crippen LogP contribution in [0.2, 0.25) is 0 Å². The second kappa shape index (κ2) is 8.89. The average molecular weight is 428 g/mol. The summed E-state index contributed by atoms with van der Waals surface area (Å²) in [5, 5.41) is 4.35. The number of halogens is 1. The van der Waals surface area contributed by atoms with Crippen LogP contribution in [0.25, 0.3) is 16.8 Å². The lowest BCUT2D eigenvalue weighted by molar-refractivity contribution is 0.563. The van der Waals surface area contributed by atoms with Gasteiger partial charge in [-0.25, -0.2) is 8.60 Å². The van der Waals surface area contributed by atoms with Gasteiger partial charge in [-0.15, -0.1) is 0 Å². The Morgan fingerprint density at radius 2 is 1.67 bits per heavy atom. The van der Waals surface area contributed by atoms with E-state index in [1.807, 2.05) is 12.1 Å². The van der Waals surface area contributed by atoms with Crippen molar-refractivity contribution in [2.24, 2.45) is 0 Å². The van der Waals surface area contributed by atoms with Crippen molar-refractivity contribution in [3.63, 3.8) is 0 Å². The quantitative estimate of drug-likeness (QED) is 0.628. The van der Waals surface area contributed by atoms with Gasteiger partial charge in [-0.3, -0.25) is 4.79 Å². The standard InChI is InChI=1S/C22H22FN3O3S/c23-18-8-10-19(11-9-18)26-22(27)21(25-12-2-1-3-13-25)20(14-24-26)17-6-4-16(5-7-17)15-30(28)29/h4-11,14H,1-3,12-13,15H2,(H,28,29). The number of benzene rings is 2. The Morgan fingerprint density at radius 3 is 2.30 bits per heavy atom. The molecular formula is C22H22FN3O3S. The van der Waals surface area contributed by atoms with Crippen molar-refractivity contribution in [3.8, 4) is 16.8 Å². The van der Waals surface area contributed by atoms with Gasteiger partial charge in [-0.1, -0.05) is 24.3 Å². The predicted octanol–water partition coefficient (Wildman–Crippen LogP) is 3.75. The summed E-state index contributed by atoms with van der Waals surface area (Å²) in [5.74, 6) is -0.312. The molecule has 0 bridgehead atoms. The van der Waals surface area contributed by atoms with Gasteiger partial charge in [0.15, 0.2) is 11.1 Å². The van der Waals surface area contributed by atoms with E-state index < -0.39 is 11.1 Å². The maximum absolute atomic E-state index is 13.5. The Labute approximate surface area is 176 Å². The van der Waals surface area contributed by atoms with E-state index in [9.17, 15) is 13.4 Å². The second-order valence-corrected chi connectivity index (χ2v) is 8.24. The summed E-state index contributed by atoms with van der Waals surface area (Å²) in [6, 6.07) is 12.9. The highest BCUT2D eigenvalue weighted by atomic mass is 32.2. The van der Waals surface area contributed by atoms with E-state index >= 15 is 0 Å². The molecule has 4 rings (SSSR count). The van der Waals surface area contributed by atoms with Crippen LogP contribution in [0.1, 0.15) is 24.8 Å². The molecule has 1 aromatic heterocycles. The van der Waals surface area contributed by atoms with E-state index in [-0.39, 0.29) is 17.1 Å². The molecule has 0 amide bonds. The van der Waals surface area contributed by atoms with Gasteiger partial charge < -0.3 is 9.45 Å². The van der Waals surface area contributed by atoms with Crippen molar-refractivity contribution in [1.29, 1.82) is 0 Å². The van der Waals surface area contributed by atoms with Crippen molar-refractivity contribution >= 4 is 16.8 Å². The van der Waals surface area contributed by atoms with Gasteiger partial charge in [-0.2, -0.15) is 9.78 Å². The smallest absolute Gasteiger partial charge is 0.295 e. The molecule has 6 nitrogen and oxygen atoms in total. The normalized spacial score (nSPS) is 15.2. The summed E-state index contributed by atoms with van der Waals surface area (Å²) in [6.45, 7) is 1.58. The number of anilines is 1. The van der Waals surface area contributed by atoms with E-state index in [0.717, 1.165) is 49.0 Å². The molecule has 1 saturated heterocycles. The van der Waals surface area contributed by atoms with Gasteiger partial charge in [0.05, 0.1) is 17.6 Å². The summed E-state index contributed by atoms with van der Waals surface area (Å²) in [6.07, 6.45) is 4.82. The zero-order valence-corrected chi connectivity index (χ0v) is 17.1. The minimum atomic E-state index is -1.91. The molecule has 0 spiro atoms. The second-order valence-electron chi connectivity index (χ2n) is 7.31. The topological polar surface area (TPSA) is 75.4 Å². The highest BCUT2D eigenvalue weighted by molar-refractivity contribution is 7.78. The Morgan fingerprint density at radius 1 is 1.00 bits per heavy atom. The molecule has 1 fully saturated rings. The minimum Gasteiger partial charge on any atom is -0.366 e. The van der Waals surface area contributed by atoms with Crippen LogP contribution in [-0.4, -0.2) is 31.6 Å². The molecule has 0 saturated carbocycles. The van der Waals surface area contributed by atoms with Gasteiger partial charge in [0, 0.05) is 18.7 Å². The fourth-order valence-electron chi connectivity index (χ4n) is 3.77. The molecule has 8 heteroatoms. The van der Waals surface area contributed by atoms with Crippen molar-refractivity contribution in [1.82, 2.24) is 9.78 Å². The summed E-state index contributed by atoms with van der Waals surface area (Å²) in [7, 11) is 0. The van der Waals surface area contributed by atoms with Crippen LogP contribution >= 0.6 is 0 Å². The number of hydrogen-bond donors (Lipinski definition) is 1. The SMILES string of the molecule is O=c1c(N2CCCCC2)c(-c2ccc(CS(=O)O)cc2)cnn1-c1ccc(F)cc1. The highest BCUT2D eigenvalue weighted by Gasteiger charge is 2.21. The molecular weight excluding hydrogens is 405 g/mol. The Balaban J connectivity index is 1.81. The molecule has 1 unspecified atom stereocenters. The lowest BCUT2D eigenvalue weighted by Gasteiger charge is -2.30. The Kier molecular flexibility index (Phi) is 6.06. The van der Waals surface area contributed by atoms with Gasteiger partial charge >= 0.3 is 0 Å². The average Bonchev–Trinajstić information content (AvgIpc) is 2.75. The van der Waals surface area contributed by atoms with Gasteiger partial charge in [0.2, 0.25) is 0 Å². The van der Waals surface area contributed by atoms with Crippen LogP contribution in [0.5, 0.6) is 0 Å². The first-order valence-corrected chi connectivity index (χ1v) is 11.1. The van der Waals surface area contributed by atoms with Crippen LogP contribution in [0.3, 0.4) is 0 Å². The van der Waals surface area contributed by atoms with Crippen LogP contribution in [0.4, 0.5) is 10.1 Å². The van der Waals surface area contributed by atoms with Crippen molar-refractivity contribution in [2.45, 2.75) is 25.0 Å². The van der Waals surface area contributed by atoms with Crippen LogP contribution in [-0.2, 0) is 16.8 Å². The first-order chi connectivity index (χ1) is 14.5. The van der Waals surface area contributed by atoms with Crippen molar-refractivity contribution in [3.05, 3.63) is 76.5 Å². The molecule has 1 atom stereocenters. The summed E-state index contributed by atoms with van der Waals surface area (Å²) >= 11 is -1.91. The van der Waals surface area contributed by atoms with E-state index in [1.54, 1.807) is 18.3 Å². The van der Waals surface area contributed by atoms with Crippen LogP contribution < -0.4 is 10.5 Å². The van der Waals surface area contributed by atoms with Gasteiger partial charge in [0.1, 0.15) is 11.5 Å². The van der Waals surface area contributed by atoms with Crippen molar-refractivity contribution < 1.29 is 13.2 Å². The first-order valence-electron chi connectivity index (χ1n) is 9.83. The molecule has 3 aromatic rings. The lowest BCUT2D eigenvalue weighted by atomic mass is 10.0. The molecule has 2 aromatic carbocycles. The maximum atomic E-state index is 13.5. The third-order valence-electron chi connectivity index (χ3n) is 5.25. The monoisotopic (exact) mass is 427 g/mol. The molecule has 0 radical (unpaired) electrons. The van der Waals surface area contributed by atoms with E-state index in [1.165, 1.54) is 28.9 Å². The summed E-state index contributed by atoms with van der Waals surface area (Å²) in [4.78, 5) is 15.5. The zero-order chi connectivity index (χ0) is 21.1. The summed E-state index contributed by atoms with van der Waals surface area (Å²) in [5.41, 5.74) is 3.11. The van der Waals surface area contributed by atoms with Crippen LogP contribution in [0.15, 0.2) is 59.5 Å². The van der Waals surface area contributed by atoms with E-state index in [0.29, 0.717) is 11.4 Å². The lowest BCUT2D eigenvalue weighted by Crippen LogP contribution is -2.37. The zero-order valence-electron chi connectivity index (χ0n) is 16.3. The fourth-order valence-corrected chi connectivity index (χ4v) is 4.25. The molecule has 30 heavy (non-hydrogen) atoms. The van der Waals surface area contributed by atoms with E-state index in [4.69, 9.17) is 4.55 Å². The third kappa shape index (κ3) is 4.34. The third-order valence-corrected chi connectivity index (χ3v) is 5.83. The molecule has 0 aliphatic carbocycles. The number of rotatable bonds is 5. The molecule has 1 aliphatic rings. The minimum absolute atomic E-state index is 0.0592. The molecule has 156 valence electrons. The largest absolute Gasteiger partial charge is 0.366 e. The number of piperidine rings is 1. The molecule has 1 aliphatic heterocycles. The highest BCUT2D eigenvalue weighted by Crippen LogP contribution is 2.30. The van der Waals surface area contributed by atoms with Crippen molar-refractivity contribution in [2.75, 3.05) is 18.0 Å². The molecule has 2 heterocycles.